The van der Waals surface area contributed by atoms with E-state index < -0.39 is 66.5 Å². The van der Waals surface area contributed by atoms with Crippen molar-refractivity contribution in [3.63, 3.8) is 0 Å². The third kappa shape index (κ3) is 13.6. The number of carbonyl (C=O) groups excluding carboxylic acids is 4. The molecule has 272 valence electrons. The van der Waals surface area contributed by atoms with Crippen molar-refractivity contribution in [1.29, 1.82) is 0 Å². The van der Waals surface area contributed by atoms with Gasteiger partial charge in [-0.15, -0.1) is 0 Å². The van der Waals surface area contributed by atoms with E-state index >= 15 is 0 Å². The lowest BCUT2D eigenvalue weighted by atomic mass is 9.81. The van der Waals surface area contributed by atoms with Gasteiger partial charge in [-0.05, 0) is 26.2 Å². The van der Waals surface area contributed by atoms with Crippen LogP contribution in [0.1, 0.15) is 82.1 Å². The van der Waals surface area contributed by atoms with Crippen molar-refractivity contribution in [2.24, 2.45) is 47.2 Å². The zero-order chi connectivity index (χ0) is 36.9. The minimum atomic E-state index is -0.947. The van der Waals surface area contributed by atoms with Crippen LogP contribution in [0.3, 0.4) is 0 Å². The smallest absolute Gasteiger partial charge is 0.404 e. The number of amides is 1. The zero-order valence-electron chi connectivity index (χ0n) is 30.3. The van der Waals surface area contributed by atoms with E-state index in [0.29, 0.717) is 6.42 Å². The molecule has 1 aliphatic rings. The number of nitrogens with two attached hydrogens (primary N) is 1. The van der Waals surface area contributed by atoms with Crippen molar-refractivity contribution in [2.75, 3.05) is 0 Å². The number of primary amides is 1. The number of rotatable bonds is 18. The van der Waals surface area contributed by atoms with Crippen LogP contribution >= 0.6 is 0 Å². The highest BCUT2D eigenvalue weighted by atomic mass is 16.6. The molecule has 5 unspecified atom stereocenters. The van der Waals surface area contributed by atoms with Gasteiger partial charge in [0.05, 0.1) is 18.1 Å². The summed E-state index contributed by atoms with van der Waals surface area (Å²) in [6.07, 6.45) is 6.06. The van der Waals surface area contributed by atoms with Crippen molar-refractivity contribution in [1.82, 2.24) is 0 Å². The van der Waals surface area contributed by atoms with E-state index in [0.717, 1.165) is 5.57 Å². The van der Waals surface area contributed by atoms with Crippen LogP contribution in [0, 0.1) is 41.4 Å². The third-order valence-corrected chi connectivity index (χ3v) is 9.14. The van der Waals surface area contributed by atoms with Crippen LogP contribution in [0.15, 0.2) is 48.6 Å². The SMILES string of the molecule is C=C/C=C\C(C)C(OC(N)=O)[C@@H](C)[C@H](OC(C)=O)C(C)C/C(C)=C\C(C)[C@@H](O)[C@@H](C)/C=C\C(O)C[C@@H]1OC(=O)[C@H](C)[C@@H](OC(C)=O)[C@H]1C. The Morgan fingerprint density at radius 2 is 1.54 bits per heavy atom. The fraction of sp³-hybridized carbons (Fsp3) is 0.676. The number of hydrogen-bond acceptors (Lipinski definition) is 10. The number of esters is 3. The summed E-state index contributed by atoms with van der Waals surface area (Å²) in [5.74, 6) is -3.64. The number of cyclic esters (lactones) is 1. The zero-order valence-corrected chi connectivity index (χ0v) is 30.3. The second-order valence-electron chi connectivity index (χ2n) is 13.6. The van der Waals surface area contributed by atoms with Gasteiger partial charge >= 0.3 is 24.0 Å². The van der Waals surface area contributed by atoms with E-state index in [-0.39, 0.29) is 41.9 Å². The summed E-state index contributed by atoms with van der Waals surface area (Å²) in [5, 5.41) is 21.8. The minimum Gasteiger partial charge on any atom is -0.462 e. The second-order valence-corrected chi connectivity index (χ2v) is 13.6. The molecule has 0 radical (unpaired) electrons. The van der Waals surface area contributed by atoms with Crippen molar-refractivity contribution in [2.45, 2.75) is 119 Å². The van der Waals surface area contributed by atoms with Crippen LogP contribution in [0.5, 0.6) is 0 Å². The van der Waals surface area contributed by atoms with Gasteiger partial charge in [0, 0.05) is 49.9 Å². The second kappa shape index (κ2) is 20.2. The summed E-state index contributed by atoms with van der Waals surface area (Å²) in [5.41, 5.74) is 6.36. The summed E-state index contributed by atoms with van der Waals surface area (Å²) in [6.45, 7) is 21.2. The predicted octanol–water partition coefficient (Wildman–Crippen LogP) is 5.44. The normalized spacial score (nSPS) is 25.9. The fourth-order valence-corrected chi connectivity index (χ4v) is 6.59. The number of allylic oxidation sites excluding steroid dienone is 3. The highest BCUT2D eigenvalue weighted by molar-refractivity contribution is 5.75. The maximum atomic E-state index is 12.4. The van der Waals surface area contributed by atoms with E-state index in [4.69, 9.17) is 24.7 Å². The van der Waals surface area contributed by atoms with E-state index in [2.05, 4.69) is 6.58 Å². The van der Waals surface area contributed by atoms with Crippen molar-refractivity contribution < 1.29 is 48.3 Å². The molecule has 4 N–H and O–H groups in total. The Kier molecular flexibility index (Phi) is 17.9. The number of aliphatic hydroxyl groups is 2. The largest absolute Gasteiger partial charge is 0.462 e. The first-order valence-corrected chi connectivity index (χ1v) is 16.8. The molecule has 1 heterocycles. The molecule has 11 heteroatoms. The molecule has 0 aromatic heterocycles. The lowest BCUT2D eigenvalue weighted by Gasteiger charge is -2.38. The third-order valence-electron chi connectivity index (χ3n) is 9.14. The highest BCUT2D eigenvalue weighted by Crippen LogP contribution is 2.33. The van der Waals surface area contributed by atoms with E-state index in [9.17, 15) is 29.4 Å². The monoisotopic (exact) mass is 677 g/mol. The van der Waals surface area contributed by atoms with Gasteiger partial charge < -0.3 is 34.9 Å². The van der Waals surface area contributed by atoms with Gasteiger partial charge in [0.25, 0.3) is 0 Å². The van der Waals surface area contributed by atoms with Crippen LogP contribution in [0.2, 0.25) is 0 Å². The molecule has 1 rings (SSSR count). The van der Waals surface area contributed by atoms with Crippen molar-refractivity contribution >= 4 is 24.0 Å². The molecular weight excluding hydrogens is 618 g/mol. The molecule has 0 bridgehead atoms. The molecule has 0 spiro atoms. The van der Waals surface area contributed by atoms with Gasteiger partial charge in [0.2, 0.25) is 0 Å². The van der Waals surface area contributed by atoms with E-state index in [1.54, 1.807) is 31.2 Å². The summed E-state index contributed by atoms with van der Waals surface area (Å²) in [7, 11) is 0. The van der Waals surface area contributed by atoms with Crippen LogP contribution in [0.4, 0.5) is 4.79 Å². The first-order valence-electron chi connectivity index (χ1n) is 16.8. The standard InChI is InChI=1S/C37H59NO10/c1-12-13-14-22(4)33(48-37(38)44)26(8)34(45-28(10)39)24(6)18-20(2)17-23(5)32(42)21(3)15-16-30(41)19-31-25(7)35(46-29(11)40)27(9)36(43)47-31/h12-17,21-27,30-35,41-42H,1,18-19H2,2-11H3,(H2,38,44)/b14-13-,16-15-,20-17-/t21-,22?,23?,24?,25-,26+,27+,30?,31-,32-,33?,34+,35-/m0/s1. The van der Waals surface area contributed by atoms with Gasteiger partial charge in [0.1, 0.15) is 24.4 Å². The maximum Gasteiger partial charge on any atom is 0.404 e. The molecule has 11 nitrogen and oxygen atoms in total. The van der Waals surface area contributed by atoms with Gasteiger partial charge in [-0.2, -0.15) is 0 Å². The first kappa shape index (κ1) is 42.6. The topological polar surface area (TPSA) is 172 Å². The maximum absolute atomic E-state index is 12.4. The molecule has 48 heavy (non-hydrogen) atoms. The van der Waals surface area contributed by atoms with Crippen molar-refractivity contribution in [3.8, 4) is 0 Å². The van der Waals surface area contributed by atoms with Crippen LogP contribution in [-0.4, -0.2) is 70.8 Å². The molecule has 0 aromatic rings. The molecule has 0 saturated carbocycles. The lowest BCUT2D eigenvalue weighted by Crippen LogP contribution is -2.49. The van der Waals surface area contributed by atoms with Gasteiger partial charge in [-0.1, -0.05) is 90.2 Å². The summed E-state index contributed by atoms with van der Waals surface area (Å²) in [6, 6.07) is 0. The molecule has 0 aromatic carbocycles. The first-order chi connectivity index (χ1) is 22.3. The lowest BCUT2D eigenvalue weighted by molar-refractivity contribution is -0.188. The Morgan fingerprint density at radius 3 is 2.08 bits per heavy atom. The Balaban J connectivity index is 2.96. The molecule has 1 fully saturated rings. The minimum absolute atomic E-state index is 0.125. The highest BCUT2D eigenvalue weighted by Gasteiger charge is 2.44. The number of carbonyl (C=O) groups is 4. The average Bonchev–Trinajstić information content (AvgIpc) is 2.99. The Hall–Kier alpha value is -3.44. The van der Waals surface area contributed by atoms with Gasteiger partial charge in [0.15, 0.2) is 0 Å². The van der Waals surface area contributed by atoms with E-state index in [1.807, 2.05) is 60.6 Å². The Morgan fingerprint density at radius 1 is 0.917 bits per heavy atom. The van der Waals surface area contributed by atoms with Crippen molar-refractivity contribution in [3.05, 3.63) is 48.6 Å². The average molecular weight is 678 g/mol. The Bertz CT molecular complexity index is 1180. The summed E-state index contributed by atoms with van der Waals surface area (Å²) >= 11 is 0. The Labute approximate surface area is 286 Å². The number of hydrogen-bond donors (Lipinski definition) is 3. The summed E-state index contributed by atoms with van der Waals surface area (Å²) < 4.78 is 22.1. The fourth-order valence-electron chi connectivity index (χ4n) is 6.59. The quantitative estimate of drug-likeness (QED) is 0.0734. The summed E-state index contributed by atoms with van der Waals surface area (Å²) in [4.78, 5) is 47.7. The molecule has 0 aliphatic carbocycles. The number of aliphatic hydroxyl groups excluding tert-OH is 2. The van der Waals surface area contributed by atoms with Crippen LogP contribution in [-0.2, 0) is 33.3 Å². The van der Waals surface area contributed by atoms with Gasteiger partial charge in [-0.3, -0.25) is 14.4 Å². The molecule has 1 saturated heterocycles. The molecular formula is C37H59NO10. The van der Waals surface area contributed by atoms with E-state index in [1.165, 1.54) is 13.8 Å². The molecule has 1 amide bonds. The molecule has 1 aliphatic heterocycles. The van der Waals surface area contributed by atoms with Gasteiger partial charge in [-0.25, -0.2) is 4.79 Å². The predicted molar refractivity (Wildman–Crippen MR) is 183 cm³/mol. The van der Waals surface area contributed by atoms with Crippen LogP contribution < -0.4 is 5.73 Å². The van der Waals surface area contributed by atoms with Crippen LogP contribution in [0.25, 0.3) is 0 Å². The number of ether oxygens (including phenoxy) is 4. The molecule has 13 atom stereocenters.